The molecule has 1 amide bonds. The van der Waals surface area contributed by atoms with Crippen molar-refractivity contribution in [1.29, 1.82) is 0 Å². The number of methoxy groups -OCH3 is 1. The highest BCUT2D eigenvalue weighted by molar-refractivity contribution is 7.22. The Kier molecular flexibility index (Phi) is 4.56. The molecule has 2 heterocycles. The largest absolute Gasteiger partial charge is 0.383 e. The lowest BCUT2D eigenvalue weighted by Crippen LogP contribution is -2.39. The quantitative estimate of drug-likeness (QED) is 0.878. The monoisotopic (exact) mass is 320 g/mol. The van der Waals surface area contributed by atoms with Crippen molar-refractivity contribution < 1.29 is 9.53 Å². The van der Waals surface area contributed by atoms with E-state index in [4.69, 9.17) is 10.5 Å². The van der Waals surface area contributed by atoms with Crippen LogP contribution in [-0.4, -0.2) is 43.7 Å². The van der Waals surface area contributed by atoms with Crippen LogP contribution in [0.1, 0.15) is 12.8 Å². The minimum Gasteiger partial charge on any atom is -0.383 e. The van der Waals surface area contributed by atoms with Gasteiger partial charge in [-0.3, -0.25) is 4.79 Å². The number of ether oxygens (including phenoxy) is 1. The van der Waals surface area contributed by atoms with Crippen molar-refractivity contribution in [2.24, 2.45) is 5.73 Å². The molecule has 0 radical (unpaired) electrons. The van der Waals surface area contributed by atoms with Crippen LogP contribution < -0.4 is 16.0 Å². The summed E-state index contributed by atoms with van der Waals surface area (Å²) < 4.78 is 5.96. The molecule has 0 saturated carbocycles. The number of benzene rings is 1. The van der Waals surface area contributed by atoms with Gasteiger partial charge in [-0.2, -0.15) is 0 Å². The first-order valence-electron chi connectivity index (χ1n) is 7.38. The van der Waals surface area contributed by atoms with Crippen molar-refractivity contribution in [2.45, 2.75) is 18.9 Å². The fourth-order valence-corrected chi connectivity index (χ4v) is 3.58. The van der Waals surface area contributed by atoms with E-state index in [1.165, 1.54) is 20.0 Å². The van der Waals surface area contributed by atoms with Crippen molar-refractivity contribution in [3.63, 3.8) is 0 Å². The Morgan fingerprint density at radius 1 is 1.50 bits per heavy atom. The summed E-state index contributed by atoms with van der Waals surface area (Å²) >= 11 is 1.66. The van der Waals surface area contributed by atoms with E-state index in [2.05, 4.69) is 15.2 Å². The number of carbonyl (C=O) groups is 1. The predicted molar refractivity (Wildman–Crippen MR) is 89.5 cm³/mol. The topological polar surface area (TPSA) is 80.5 Å². The summed E-state index contributed by atoms with van der Waals surface area (Å²) in [4.78, 5) is 18.9. The van der Waals surface area contributed by atoms with Crippen molar-refractivity contribution in [1.82, 2.24) is 4.98 Å². The Labute approximate surface area is 133 Å². The predicted octanol–water partition coefficient (Wildman–Crippen LogP) is 1.81. The lowest BCUT2D eigenvalue weighted by molar-refractivity contribution is -0.118. The second-order valence-corrected chi connectivity index (χ2v) is 6.43. The first kappa shape index (κ1) is 15.2. The Hall–Kier alpha value is -1.70. The van der Waals surface area contributed by atoms with Crippen LogP contribution in [0.5, 0.6) is 0 Å². The van der Waals surface area contributed by atoms with Gasteiger partial charge < -0.3 is 20.7 Å². The number of carbonyl (C=O) groups excluding carboxylic acids is 1. The Morgan fingerprint density at radius 3 is 3.00 bits per heavy atom. The van der Waals surface area contributed by atoms with Gasteiger partial charge in [0.25, 0.3) is 0 Å². The van der Waals surface area contributed by atoms with Gasteiger partial charge in [0.15, 0.2) is 5.13 Å². The van der Waals surface area contributed by atoms with Crippen LogP contribution in [0.25, 0.3) is 10.2 Å². The number of nitrogens with zero attached hydrogens (tertiary/aromatic N) is 2. The number of thiazole rings is 1. The van der Waals surface area contributed by atoms with E-state index in [1.807, 2.05) is 18.2 Å². The lowest BCUT2D eigenvalue weighted by Gasteiger charge is -2.11. The number of amides is 1. The van der Waals surface area contributed by atoms with Crippen LogP contribution in [0.2, 0.25) is 0 Å². The smallest absolute Gasteiger partial charge is 0.243 e. The van der Waals surface area contributed by atoms with E-state index < -0.39 is 6.04 Å². The fourth-order valence-electron chi connectivity index (χ4n) is 2.52. The number of aromatic nitrogens is 1. The molecule has 3 rings (SSSR count). The summed E-state index contributed by atoms with van der Waals surface area (Å²) in [6.07, 6.45) is 2.46. The molecule has 2 aromatic rings. The minimum absolute atomic E-state index is 0.202. The highest BCUT2D eigenvalue weighted by Crippen LogP contribution is 2.32. The third-order valence-electron chi connectivity index (χ3n) is 3.70. The maximum Gasteiger partial charge on any atom is 0.243 e. The fraction of sp³-hybridized carbons (Fsp3) is 0.467. The van der Waals surface area contributed by atoms with E-state index in [0.29, 0.717) is 0 Å². The van der Waals surface area contributed by atoms with Gasteiger partial charge >= 0.3 is 0 Å². The molecule has 1 aliphatic heterocycles. The van der Waals surface area contributed by atoms with Gasteiger partial charge in [-0.1, -0.05) is 11.3 Å². The van der Waals surface area contributed by atoms with E-state index >= 15 is 0 Å². The molecule has 7 heteroatoms. The molecular weight excluding hydrogens is 300 g/mol. The Morgan fingerprint density at radius 2 is 2.27 bits per heavy atom. The number of anilines is 2. The standard InChI is InChI=1S/C15H20N4O2S/c1-21-9-11(16)14(20)17-10-4-5-12-13(8-10)22-15(18-12)19-6-2-3-7-19/h4-5,8,11H,2-3,6-7,9,16H2,1H3,(H,17,20). The van der Waals surface area contributed by atoms with Gasteiger partial charge in [0, 0.05) is 25.9 Å². The van der Waals surface area contributed by atoms with Gasteiger partial charge in [0.05, 0.1) is 16.8 Å². The van der Waals surface area contributed by atoms with Gasteiger partial charge in [-0.25, -0.2) is 4.98 Å². The van der Waals surface area contributed by atoms with Crippen LogP contribution in [0.15, 0.2) is 18.2 Å². The SMILES string of the molecule is COCC(N)C(=O)Nc1ccc2nc(N3CCCC3)sc2c1. The molecular formula is C15H20N4O2S. The van der Waals surface area contributed by atoms with Crippen LogP contribution in [0, 0.1) is 0 Å². The molecule has 1 fully saturated rings. The van der Waals surface area contributed by atoms with Gasteiger partial charge in [-0.05, 0) is 31.0 Å². The van der Waals surface area contributed by atoms with Crippen LogP contribution in [0.4, 0.5) is 10.8 Å². The first-order valence-corrected chi connectivity index (χ1v) is 8.20. The lowest BCUT2D eigenvalue weighted by atomic mass is 10.2. The second kappa shape index (κ2) is 6.60. The molecule has 1 aromatic heterocycles. The Balaban J connectivity index is 1.76. The highest BCUT2D eigenvalue weighted by atomic mass is 32.1. The molecule has 6 nitrogen and oxygen atoms in total. The maximum atomic E-state index is 11.9. The maximum absolute atomic E-state index is 11.9. The average molecular weight is 320 g/mol. The summed E-state index contributed by atoms with van der Waals surface area (Å²) in [6.45, 7) is 2.36. The third-order valence-corrected chi connectivity index (χ3v) is 4.78. The molecule has 1 atom stereocenters. The van der Waals surface area contributed by atoms with E-state index in [-0.39, 0.29) is 12.5 Å². The van der Waals surface area contributed by atoms with Gasteiger partial charge in [0.2, 0.25) is 5.91 Å². The van der Waals surface area contributed by atoms with Crippen LogP contribution in [0.3, 0.4) is 0 Å². The number of rotatable bonds is 5. The molecule has 1 saturated heterocycles. The minimum atomic E-state index is -0.665. The van der Waals surface area contributed by atoms with Crippen molar-refractivity contribution in [2.75, 3.05) is 37.0 Å². The molecule has 1 aromatic carbocycles. The number of hydrogen-bond acceptors (Lipinski definition) is 6. The zero-order valence-electron chi connectivity index (χ0n) is 12.5. The van der Waals surface area contributed by atoms with Crippen LogP contribution in [-0.2, 0) is 9.53 Å². The zero-order chi connectivity index (χ0) is 15.5. The van der Waals surface area contributed by atoms with Gasteiger partial charge in [-0.15, -0.1) is 0 Å². The molecule has 118 valence electrons. The summed E-state index contributed by atoms with van der Waals surface area (Å²) in [5.74, 6) is -0.245. The number of fused-ring (bicyclic) bond motifs is 1. The number of hydrogen-bond donors (Lipinski definition) is 2. The van der Waals surface area contributed by atoms with Crippen LogP contribution >= 0.6 is 11.3 Å². The molecule has 0 bridgehead atoms. The first-order chi connectivity index (χ1) is 10.7. The number of nitrogens with two attached hydrogens (primary N) is 1. The van der Waals surface area contributed by atoms with E-state index in [1.54, 1.807) is 11.3 Å². The average Bonchev–Trinajstić information content (AvgIpc) is 3.15. The highest BCUT2D eigenvalue weighted by Gasteiger charge is 2.17. The molecule has 3 N–H and O–H groups in total. The summed E-state index contributed by atoms with van der Waals surface area (Å²) in [7, 11) is 1.52. The van der Waals surface area contributed by atoms with Crippen molar-refractivity contribution in [3.8, 4) is 0 Å². The second-order valence-electron chi connectivity index (χ2n) is 5.42. The van der Waals surface area contributed by atoms with E-state index in [9.17, 15) is 4.79 Å². The Bertz CT molecular complexity index is 667. The van der Waals surface area contributed by atoms with Crippen molar-refractivity contribution in [3.05, 3.63) is 18.2 Å². The summed E-state index contributed by atoms with van der Waals surface area (Å²) in [5.41, 5.74) is 7.42. The van der Waals surface area contributed by atoms with Gasteiger partial charge in [0.1, 0.15) is 6.04 Å². The molecule has 0 spiro atoms. The van der Waals surface area contributed by atoms with E-state index in [0.717, 1.165) is 34.1 Å². The zero-order valence-corrected chi connectivity index (χ0v) is 13.4. The van der Waals surface area contributed by atoms with Crippen molar-refractivity contribution >= 4 is 38.3 Å². The summed E-state index contributed by atoms with van der Waals surface area (Å²) in [6, 6.07) is 5.07. The molecule has 22 heavy (non-hydrogen) atoms. The third kappa shape index (κ3) is 3.21. The molecule has 1 aliphatic rings. The normalized spacial score (nSPS) is 16.2. The molecule has 1 unspecified atom stereocenters. The molecule has 0 aliphatic carbocycles. The summed E-state index contributed by atoms with van der Waals surface area (Å²) in [5, 5.41) is 3.88. The number of nitrogens with one attached hydrogen (secondary N) is 1.